The highest BCUT2D eigenvalue weighted by molar-refractivity contribution is 7.88. The van der Waals surface area contributed by atoms with Crippen molar-refractivity contribution in [2.75, 3.05) is 43.2 Å². The Bertz CT molecular complexity index is 1160. The maximum atomic E-state index is 12.0. The van der Waals surface area contributed by atoms with Crippen molar-refractivity contribution >= 4 is 44.6 Å². The number of azo groups is 1. The number of hydrogen-bond acceptors (Lipinski definition) is 9. The Morgan fingerprint density at radius 3 is 2.50 bits per heavy atom. The number of rotatable bonds is 14. The molecule has 1 aromatic carbocycles. The fourth-order valence-electron chi connectivity index (χ4n) is 2.86. The molecule has 36 heavy (non-hydrogen) atoms. The molecule has 2 aromatic rings. The summed E-state index contributed by atoms with van der Waals surface area (Å²) in [6.45, 7) is 16.3. The zero-order valence-electron chi connectivity index (χ0n) is 20.7. The lowest BCUT2D eigenvalue weighted by Gasteiger charge is -2.15. The first kappa shape index (κ1) is 30.6. The topological polar surface area (TPSA) is 129 Å². The minimum atomic E-state index is -1.33. The number of ether oxygens (including phenoxy) is 1. The van der Waals surface area contributed by atoms with Gasteiger partial charge in [0.15, 0.2) is 5.82 Å². The van der Waals surface area contributed by atoms with Crippen LogP contribution in [0.3, 0.4) is 0 Å². The molecule has 0 bridgehead atoms. The van der Waals surface area contributed by atoms with Gasteiger partial charge in [-0.25, -0.2) is 9.19 Å². The van der Waals surface area contributed by atoms with Crippen molar-refractivity contribution in [3.8, 4) is 6.07 Å². The average Bonchev–Trinajstić information content (AvgIpc) is 2.91. The Balaban J connectivity index is 0.00000316. The first-order valence-electron chi connectivity index (χ1n) is 10.9. The third-order valence-corrected chi connectivity index (χ3v) is 6.59. The van der Waals surface area contributed by atoms with Gasteiger partial charge in [0.1, 0.15) is 17.6 Å². The van der Waals surface area contributed by atoms with Crippen LogP contribution in [-0.4, -0.2) is 46.0 Å². The van der Waals surface area contributed by atoms with Crippen LogP contribution >= 0.6 is 0 Å². The largest absolute Gasteiger partial charge is 0.385 e. The minimum absolute atomic E-state index is 0.322. The van der Waals surface area contributed by atoms with E-state index in [1.54, 1.807) is 38.3 Å². The fourth-order valence-corrected chi connectivity index (χ4v) is 3.97. The van der Waals surface area contributed by atoms with Crippen molar-refractivity contribution in [1.29, 1.82) is 5.26 Å². The van der Waals surface area contributed by atoms with E-state index in [9.17, 15) is 13.7 Å². The van der Waals surface area contributed by atoms with Crippen LogP contribution in [0.25, 0.3) is 0 Å². The van der Waals surface area contributed by atoms with E-state index in [0.717, 1.165) is 6.42 Å². The number of hydrogen-bond donors (Lipinski definition) is 2. The van der Waals surface area contributed by atoms with Gasteiger partial charge in [0, 0.05) is 59.2 Å². The van der Waals surface area contributed by atoms with Gasteiger partial charge >= 0.3 is 0 Å². The second kappa shape index (κ2) is 17.0. The lowest BCUT2D eigenvalue weighted by Crippen LogP contribution is -2.14. The Hall–Kier alpha value is -3.46. The van der Waals surface area contributed by atoms with E-state index >= 15 is 0 Å². The Kier molecular flexibility index (Phi) is 14.5. The molecule has 2 N–H and O–H groups in total. The summed E-state index contributed by atoms with van der Waals surface area (Å²) in [5.74, 6) is 1.17. The van der Waals surface area contributed by atoms with Gasteiger partial charge in [-0.15, -0.1) is 18.3 Å². The van der Waals surface area contributed by atoms with Crippen LogP contribution in [0.1, 0.15) is 17.5 Å². The molecule has 0 saturated heterocycles. The first-order valence-corrected chi connectivity index (χ1v) is 13.5. The van der Waals surface area contributed by atoms with Crippen molar-refractivity contribution in [3.05, 3.63) is 72.5 Å². The molecule has 1 heterocycles. The summed E-state index contributed by atoms with van der Waals surface area (Å²) in [5, 5.41) is 27.5. The molecule has 0 fully saturated rings. The maximum absolute atomic E-state index is 12.0. The molecular weight excluding hydrogens is 496 g/mol. The Morgan fingerprint density at radius 1 is 1.14 bits per heavy atom. The highest BCUT2D eigenvalue weighted by atomic mass is 32.2. The van der Waals surface area contributed by atoms with Gasteiger partial charge in [0.2, 0.25) is 0 Å². The molecule has 2 atom stereocenters. The molecule has 0 radical (unpaired) electrons. The highest BCUT2D eigenvalue weighted by Gasteiger charge is 2.17. The average molecular weight is 529 g/mol. The molecule has 0 amide bonds. The number of nitriles is 1. The molecule has 0 saturated carbocycles. The Labute approximate surface area is 218 Å². The van der Waals surface area contributed by atoms with Crippen molar-refractivity contribution in [3.63, 3.8) is 0 Å². The van der Waals surface area contributed by atoms with E-state index in [0.29, 0.717) is 64.5 Å². The first-order chi connectivity index (χ1) is 17.4. The lowest BCUT2D eigenvalue weighted by atomic mass is 10.1. The van der Waals surface area contributed by atoms with E-state index in [2.05, 4.69) is 58.2 Å². The zero-order chi connectivity index (χ0) is 26.9. The molecule has 192 valence electrons. The van der Waals surface area contributed by atoms with Gasteiger partial charge in [0.25, 0.3) is 0 Å². The third kappa shape index (κ3) is 9.30. The van der Waals surface area contributed by atoms with Crippen LogP contribution in [-0.2, 0) is 26.3 Å². The number of anilines is 2. The molecule has 11 heteroatoms. The number of nitrogens with one attached hydrogen (secondary N) is 2. The molecular formula is C25H32N6O3S2. The van der Waals surface area contributed by atoms with Gasteiger partial charge in [0.05, 0.1) is 22.1 Å². The summed E-state index contributed by atoms with van der Waals surface area (Å²) in [7, 11) is -0.864. The molecule has 0 aliphatic rings. The summed E-state index contributed by atoms with van der Waals surface area (Å²) in [5.41, 5.74) is 1.84. The summed E-state index contributed by atoms with van der Waals surface area (Å²) in [4.78, 5) is 5.13. The predicted molar refractivity (Wildman–Crippen MR) is 149 cm³/mol. The predicted octanol–water partition coefficient (Wildman–Crippen LogP) is 5.48. The second-order valence-electron chi connectivity index (χ2n) is 6.88. The second-order valence-corrected chi connectivity index (χ2v) is 9.78. The summed E-state index contributed by atoms with van der Waals surface area (Å²) < 4.78 is 28.8. The van der Waals surface area contributed by atoms with E-state index in [1.165, 1.54) is 10.8 Å². The van der Waals surface area contributed by atoms with E-state index in [-0.39, 0.29) is 0 Å². The quantitative estimate of drug-likeness (QED) is 0.189. The standard InChI is InChI=1S/C23H28N6O3S2.C2H4/c1-5-33(30)14-12-26-22-20(16-24)17(3)21(23(27-22)25-11-8-13-32-4)29-28-18-9-7-10-19(15-18)34(31)6-2;1-2/h5-7,9-10,15H,1-2,8,11-14H2,3-4H3,(H2,25,26,27);1-2H2. The summed E-state index contributed by atoms with van der Waals surface area (Å²) in [6.07, 6.45) is 0.740. The smallest absolute Gasteiger partial charge is 0.156 e. The normalized spacial score (nSPS) is 12.0. The molecule has 0 spiro atoms. The number of nitrogens with zero attached hydrogens (tertiary/aromatic N) is 4. The van der Waals surface area contributed by atoms with Crippen LogP contribution in [0.5, 0.6) is 0 Å². The Morgan fingerprint density at radius 2 is 1.86 bits per heavy atom. The van der Waals surface area contributed by atoms with Crippen LogP contribution in [0, 0.1) is 18.3 Å². The summed E-state index contributed by atoms with van der Waals surface area (Å²) in [6, 6.07) is 9.03. The van der Waals surface area contributed by atoms with Crippen LogP contribution in [0.15, 0.2) is 76.5 Å². The third-order valence-electron chi connectivity index (χ3n) is 4.59. The van der Waals surface area contributed by atoms with E-state index in [1.807, 2.05) is 0 Å². The molecule has 9 nitrogen and oxygen atoms in total. The van der Waals surface area contributed by atoms with Crippen LogP contribution < -0.4 is 10.6 Å². The molecule has 2 rings (SSSR count). The van der Waals surface area contributed by atoms with Crippen LogP contribution in [0.2, 0.25) is 0 Å². The van der Waals surface area contributed by atoms with Gasteiger partial charge < -0.3 is 15.4 Å². The number of pyridine rings is 1. The number of aromatic nitrogens is 1. The van der Waals surface area contributed by atoms with Gasteiger partial charge in [-0.3, -0.25) is 4.21 Å². The number of benzene rings is 1. The van der Waals surface area contributed by atoms with E-state index < -0.39 is 21.6 Å². The molecule has 0 aliphatic heterocycles. The van der Waals surface area contributed by atoms with Gasteiger partial charge in [-0.2, -0.15) is 10.4 Å². The van der Waals surface area contributed by atoms with Crippen LogP contribution in [0.4, 0.5) is 23.0 Å². The summed E-state index contributed by atoms with van der Waals surface area (Å²) >= 11 is 0. The van der Waals surface area contributed by atoms with Crippen molar-refractivity contribution in [2.45, 2.75) is 18.2 Å². The zero-order valence-corrected chi connectivity index (χ0v) is 22.3. The number of methoxy groups -OCH3 is 1. The molecule has 0 aliphatic carbocycles. The molecule has 1 aromatic heterocycles. The fraction of sp³-hybridized carbons (Fsp3) is 0.280. The van der Waals surface area contributed by atoms with Gasteiger partial charge in [-0.05, 0) is 37.0 Å². The minimum Gasteiger partial charge on any atom is -0.385 e. The lowest BCUT2D eigenvalue weighted by molar-refractivity contribution is 0.198. The monoisotopic (exact) mass is 528 g/mol. The molecule has 2 unspecified atom stereocenters. The van der Waals surface area contributed by atoms with Crippen molar-refractivity contribution in [2.24, 2.45) is 10.2 Å². The highest BCUT2D eigenvalue weighted by Crippen LogP contribution is 2.35. The van der Waals surface area contributed by atoms with Crippen molar-refractivity contribution in [1.82, 2.24) is 4.98 Å². The SMILES string of the molecule is C=C.C=CS(=O)CCNc1nc(NCCCOC)c(N=Nc2cccc(S(=O)C=C)c2)c(C)c1C#N. The van der Waals surface area contributed by atoms with E-state index in [4.69, 9.17) is 4.74 Å². The maximum Gasteiger partial charge on any atom is 0.156 e. The van der Waals surface area contributed by atoms with Crippen molar-refractivity contribution < 1.29 is 13.2 Å². The van der Waals surface area contributed by atoms with Gasteiger partial charge in [-0.1, -0.05) is 19.2 Å².